The van der Waals surface area contributed by atoms with Gasteiger partial charge in [0.25, 0.3) is 0 Å². The predicted octanol–water partition coefficient (Wildman–Crippen LogP) is 1.45. The number of hydrogen-bond donors (Lipinski definition) is 2. The highest BCUT2D eigenvalue weighted by Crippen LogP contribution is 2.14. The third-order valence-electron chi connectivity index (χ3n) is 2.98. The standard InChI is InChI=1S/C13H19N3O2/c14-13(15)12-10(4-3-6-16-12)8-17-9-11-5-1-2-7-18-11/h3-4,6,11H,1-2,5,7-9H2,(H3,14,15). The second kappa shape index (κ2) is 6.47. The summed E-state index contributed by atoms with van der Waals surface area (Å²) in [6.45, 7) is 1.84. The molecule has 18 heavy (non-hydrogen) atoms. The highest BCUT2D eigenvalue weighted by molar-refractivity contribution is 5.94. The van der Waals surface area contributed by atoms with Crippen LogP contribution in [0.1, 0.15) is 30.5 Å². The van der Waals surface area contributed by atoms with Gasteiger partial charge in [-0.15, -0.1) is 0 Å². The molecule has 1 aliphatic heterocycles. The van der Waals surface area contributed by atoms with E-state index in [0.29, 0.717) is 18.9 Å². The number of rotatable bonds is 5. The van der Waals surface area contributed by atoms with E-state index in [0.717, 1.165) is 25.0 Å². The van der Waals surface area contributed by atoms with E-state index >= 15 is 0 Å². The van der Waals surface area contributed by atoms with Crippen LogP contribution in [0.3, 0.4) is 0 Å². The molecule has 0 amide bonds. The molecule has 1 aromatic rings. The largest absolute Gasteiger partial charge is 0.382 e. The van der Waals surface area contributed by atoms with Crippen molar-refractivity contribution in [1.29, 1.82) is 5.41 Å². The molecule has 2 rings (SSSR count). The zero-order valence-electron chi connectivity index (χ0n) is 10.4. The second-order valence-electron chi connectivity index (χ2n) is 4.43. The highest BCUT2D eigenvalue weighted by Gasteiger charge is 2.14. The number of aromatic nitrogens is 1. The summed E-state index contributed by atoms with van der Waals surface area (Å²) in [5, 5.41) is 7.44. The van der Waals surface area contributed by atoms with Gasteiger partial charge in [-0.25, -0.2) is 0 Å². The molecule has 0 saturated carbocycles. The van der Waals surface area contributed by atoms with Crippen molar-refractivity contribution in [3.05, 3.63) is 29.6 Å². The van der Waals surface area contributed by atoms with Crippen LogP contribution in [0.4, 0.5) is 0 Å². The van der Waals surface area contributed by atoms with Gasteiger partial charge in [-0.1, -0.05) is 6.07 Å². The zero-order chi connectivity index (χ0) is 12.8. The molecule has 0 aromatic carbocycles. The van der Waals surface area contributed by atoms with Crippen LogP contribution in [0.15, 0.2) is 18.3 Å². The summed E-state index contributed by atoms with van der Waals surface area (Å²) >= 11 is 0. The zero-order valence-corrected chi connectivity index (χ0v) is 10.4. The number of nitrogens with zero attached hydrogens (tertiary/aromatic N) is 1. The Bertz CT molecular complexity index is 403. The smallest absolute Gasteiger partial charge is 0.142 e. The first-order chi connectivity index (χ1) is 8.77. The maximum Gasteiger partial charge on any atom is 0.142 e. The topological polar surface area (TPSA) is 81.2 Å². The van der Waals surface area contributed by atoms with E-state index in [1.165, 1.54) is 6.42 Å². The van der Waals surface area contributed by atoms with Crippen molar-refractivity contribution < 1.29 is 9.47 Å². The number of hydrogen-bond acceptors (Lipinski definition) is 4. The number of nitrogens with one attached hydrogen (secondary N) is 1. The Morgan fingerprint density at radius 3 is 3.17 bits per heavy atom. The molecule has 98 valence electrons. The lowest BCUT2D eigenvalue weighted by molar-refractivity contribution is -0.0448. The van der Waals surface area contributed by atoms with E-state index in [-0.39, 0.29) is 11.9 Å². The van der Waals surface area contributed by atoms with Crippen molar-refractivity contribution in [1.82, 2.24) is 4.98 Å². The number of nitrogen functional groups attached to an aromatic ring is 1. The minimum absolute atomic E-state index is 0.0249. The van der Waals surface area contributed by atoms with Gasteiger partial charge in [0.05, 0.1) is 19.3 Å². The van der Waals surface area contributed by atoms with Gasteiger partial charge in [0, 0.05) is 18.4 Å². The van der Waals surface area contributed by atoms with Crippen LogP contribution in [0.25, 0.3) is 0 Å². The highest BCUT2D eigenvalue weighted by atomic mass is 16.5. The van der Waals surface area contributed by atoms with Crippen LogP contribution in [0.5, 0.6) is 0 Å². The fourth-order valence-electron chi connectivity index (χ4n) is 2.04. The number of ether oxygens (including phenoxy) is 2. The molecule has 3 N–H and O–H groups in total. The lowest BCUT2D eigenvalue weighted by Gasteiger charge is -2.22. The third kappa shape index (κ3) is 3.51. The molecule has 5 heteroatoms. The van der Waals surface area contributed by atoms with Crippen LogP contribution in [0, 0.1) is 5.41 Å². The van der Waals surface area contributed by atoms with E-state index in [1.807, 2.05) is 12.1 Å². The van der Waals surface area contributed by atoms with Gasteiger partial charge in [-0.3, -0.25) is 10.4 Å². The van der Waals surface area contributed by atoms with E-state index < -0.39 is 0 Å². The molecule has 1 aromatic heterocycles. The summed E-state index contributed by atoms with van der Waals surface area (Å²) in [4.78, 5) is 4.08. The van der Waals surface area contributed by atoms with E-state index in [2.05, 4.69) is 4.98 Å². The van der Waals surface area contributed by atoms with Crippen LogP contribution in [-0.2, 0) is 16.1 Å². The molecular formula is C13H19N3O2. The monoisotopic (exact) mass is 249 g/mol. The molecule has 1 fully saturated rings. The first-order valence-corrected chi connectivity index (χ1v) is 6.25. The van der Waals surface area contributed by atoms with Crippen molar-refractivity contribution in [2.24, 2.45) is 5.73 Å². The van der Waals surface area contributed by atoms with Gasteiger partial charge in [0.15, 0.2) is 0 Å². The molecule has 5 nitrogen and oxygen atoms in total. The minimum atomic E-state index is -0.0249. The van der Waals surface area contributed by atoms with Gasteiger partial charge < -0.3 is 15.2 Å². The van der Waals surface area contributed by atoms with Gasteiger partial charge in [-0.2, -0.15) is 0 Å². The molecule has 0 bridgehead atoms. The first-order valence-electron chi connectivity index (χ1n) is 6.25. The molecule has 1 atom stereocenters. The first kappa shape index (κ1) is 13.0. The number of nitrogens with two attached hydrogens (primary N) is 1. The minimum Gasteiger partial charge on any atom is -0.382 e. The summed E-state index contributed by atoms with van der Waals surface area (Å²) < 4.78 is 11.2. The van der Waals surface area contributed by atoms with Gasteiger partial charge in [-0.05, 0) is 25.3 Å². The third-order valence-corrected chi connectivity index (χ3v) is 2.98. The summed E-state index contributed by atoms with van der Waals surface area (Å²) in [6, 6.07) is 3.70. The van der Waals surface area contributed by atoms with Crippen LogP contribution in [0.2, 0.25) is 0 Å². The molecular weight excluding hydrogens is 230 g/mol. The van der Waals surface area contributed by atoms with Gasteiger partial charge in [0.1, 0.15) is 11.5 Å². The predicted molar refractivity (Wildman–Crippen MR) is 68.5 cm³/mol. The lowest BCUT2D eigenvalue weighted by Crippen LogP contribution is -2.24. The van der Waals surface area contributed by atoms with Crippen molar-refractivity contribution in [2.75, 3.05) is 13.2 Å². The van der Waals surface area contributed by atoms with Crippen LogP contribution in [-0.4, -0.2) is 30.1 Å². The van der Waals surface area contributed by atoms with Crippen molar-refractivity contribution >= 4 is 5.84 Å². The molecule has 0 radical (unpaired) electrons. The summed E-state index contributed by atoms with van der Waals surface area (Å²) in [6.07, 6.45) is 5.25. The maximum atomic E-state index is 7.44. The van der Waals surface area contributed by atoms with Crippen LogP contribution >= 0.6 is 0 Å². The molecule has 0 spiro atoms. The fraction of sp³-hybridized carbons (Fsp3) is 0.538. The van der Waals surface area contributed by atoms with Crippen molar-refractivity contribution in [3.8, 4) is 0 Å². The lowest BCUT2D eigenvalue weighted by atomic mass is 10.1. The number of amidine groups is 1. The Morgan fingerprint density at radius 2 is 2.44 bits per heavy atom. The van der Waals surface area contributed by atoms with E-state index in [1.54, 1.807) is 6.20 Å². The summed E-state index contributed by atoms with van der Waals surface area (Å²) in [5.41, 5.74) is 6.82. The van der Waals surface area contributed by atoms with Crippen LogP contribution < -0.4 is 5.73 Å². The quantitative estimate of drug-likeness (QED) is 0.611. The molecule has 1 saturated heterocycles. The molecule has 2 heterocycles. The fourth-order valence-corrected chi connectivity index (χ4v) is 2.04. The van der Waals surface area contributed by atoms with Gasteiger partial charge >= 0.3 is 0 Å². The molecule has 0 aliphatic carbocycles. The van der Waals surface area contributed by atoms with Gasteiger partial charge in [0.2, 0.25) is 0 Å². The molecule has 1 unspecified atom stereocenters. The second-order valence-corrected chi connectivity index (χ2v) is 4.43. The van der Waals surface area contributed by atoms with Crippen molar-refractivity contribution in [2.45, 2.75) is 32.0 Å². The average Bonchev–Trinajstić information content (AvgIpc) is 2.40. The van der Waals surface area contributed by atoms with E-state index in [4.69, 9.17) is 20.6 Å². The molecule has 1 aliphatic rings. The summed E-state index contributed by atoms with van der Waals surface area (Å²) in [7, 11) is 0. The normalized spacial score (nSPS) is 19.7. The Labute approximate surface area is 107 Å². The number of pyridine rings is 1. The Kier molecular flexibility index (Phi) is 4.66. The SMILES string of the molecule is N=C(N)c1ncccc1COCC1CCCCO1. The van der Waals surface area contributed by atoms with Crippen molar-refractivity contribution in [3.63, 3.8) is 0 Å². The van der Waals surface area contributed by atoms with E-state index in [9.17, 15) is 0 Å². The summed E-state index contributed by atoms with van der Waals surface area (Å²) in [5.74, 6) is -0.0249. The Balaban J connectivity index is 1.84. The Morgan fingerprint density at radius 1 is 1.56 bits per heavy atom. The average molecular weight is 249 g/mol. The maximum absolute atomic E-state index is 7.44. The Hall–Kier alpha value is -1.46.